The highest BCUT2D eigenvalue weighted by Gasteiger charge is 2.20. The van der Waals surface area contributed by atoms with Crippen molar-refractivity contribution in [2.45, 2.75) is 0 Å². The maximum Gasteiger partial charge on any atom is 0.246 e. The summed E-state index contributed by atoms with van der Waals surface area (Å²) in [6.45, 7) is 2.77. The molecule has 1 amide bonds. The van der Waals surface area contributed by atoms with Crippen molar-refractivity contribution in [3.63, 3.8) is 0 Å². The van der Waals surface area contributed by atoms with E-state index in [1.54, 1.807) is 12.2 Å². The highest BCUT2D eigenvalue weighted by atomic mass is 35.5. The minimum atomic E-state index is 0.00938. The van der Waals surface area contributed by atoms with Gasteiger partial charge in [0.05, 0.1) is 5.69 Å². The summed E-state index contributed by atoms with van der Waals surface area (Å²) in [5.74, 6) is 0.849. The van der Waals surface area contributed by atoms with Gasteiger partial charge in [0.2, 0.25) is 5.91 Å². The topological polar surface area (TPSA) is 49.3 Å². The molecule has 0 N–H and O–H groups in total. The second-order valence-electron chi connectivity index (χ2n) is 6.84. The third-order valence-corrected chi connectivity index (χ3v) is 5.14. The highest BCUT2D eigenvalue weighted by molar-refractivity contribution is 6.30. The average Bonchev–Trinajstić information content (AvgIpc) is 2.78. The van der Waals surface area contributed by atoms with Crippen LogP contribution < -0.4 is 4.90 Å². The van der Waals surface area contributed by atoms with Crippen molar-refractivity contribution in [1.29, 1.82) is 0 Å². The van der Waals surface area contributed by atoms with Crippen molar-refractivity contribution in [2.24, 2.45) is 0 Å². The molecule has 1 aliphatic rings. The molecule has 1 saturated heterocycles. The van der Waals surface area contributed by atoms with E-state index in [4.69, 9.17) is 11.6 Å². The number of carbonyl (C=O) groups excluding carboxylic acids is 1. The SMILES string of the molecule is O=C(/C=C/c1cccc(Cl)c1)N1CCN(c2ccc(-c3ccccc3)nn2)CC1. The van der Waals surface area contributed by atoms with E-state index in [0.717, 1.165) is 35.7 Å². The summed E-state index contributed by atoms with van der Waals surface area (Å²) in [5, 5.41) is 9.39. The van der Waals surface area contributed by atoms with E-state index in [9.17, 15) is 4.79 Å². The van der Waals surface area contributed by atoms with Gasteiger partial charge in [0, 0.05) is 42.8 Å². The van der Waals surface area contributed by atoms with E-state index < -0.39 is 0 Å². The Morgan fingerprint density at radius 3 is 2.38 bits per heavy atom. The molecule has 4 rings (SSSR count). The Hall–Kier alpha value is -3.18. The lowest BCUT2D eigenvalue weighted by Crippen LogP contribution is -2.48. The molecule has 0 radical (unpaired) electrons. The van der Waals surface area contributed by atoms with Gasteiger partial charge < -0.3 is 9.80 Å². The fourth-order valence-electron chi connectivity index (χ4n) is 3.30. The molecule has 0 atom stereocenters. The minimum absolute atomic E-state index is 0.00938. The first kappa shape index (κ1) is 19.2. The van der Waals surface area contributed by atoms with E-state index in [0.29, 0.717) is 18.1 Å². The predicted molar refractivity (Wildman–Crippen MR) is 117 cm³/mol. The Bertz CT molecular complexity index is 997. The normalized spacial score (nSPS) is 14.4. The summed E-state index contributed by atoms with van der Waals surface area (Å²) >= 11 is 5.98. The average molecular weight is 405 g/mol. The maximum atomic E-state index is 12.5. The lowest BCUT2D eigenvalue weighted by molar-refractivity contribution is -0.126. The van der Waals surface area contributed by atoms with Crippen molar-refractivity contribution < 1.29 is 4.79 Å². The summed E-state index contributed by atoms with van der Waals surface area (Å²) in [4.78, 5) is 16.5. The second-order valence-corrected chi connectivity index (χ2v) is 7.28. The second kappa shape index (κ2) is 8.88. The summed E-state index contributed by atoms with van der Waals surface area (Å²) in [7, 11) is 0. The molecular weight excluding hydrogens is 384 g/mol. The van der Waals surface area contributed by atoms with Gasteiger partial charge in [-0.3, -0.25) is 4.79 Å². The monoisotopic (exact) mass is 404 g/mol. The van der Waals surface area contributed by atoms with E-state index in [2.05, 4.69) is 15.1 Å². The number of benzene rings is 2. The Labute approximate surface area is 175 Å². The largest absolute Gasteiger partial charge is 0.352 e. The lowest BCUT2D eigenvalue weighted by Gasteiger charge is -2.34. The fraction of sp³-hybridized carbons (Fsp3) is 0.174. The number of carbonyl (C=O) groups is 1. The molecule has 0 aliphatic carbocycles. The van der Waals surface area contributed by atoms with Crippen molar-refractivity contribution in [3.8, 4) is 11.3 Å². The molecule has 0 spiro atoms. The van der Waals surface area contributed by atoms with Crippen LogP contribution in [0.5, 0.6) is 0 Å². The number of rotatable bonds is 4. The number of hydrogen-bond acceptors (Lipinski definition) is 4. The minimum Gasteiger partial charge on any atom is -0.352 e. The number of halogens is 1. The summed E-state index contributed by atoms with van der Waals surface area (Å²) in [6, 6.07) is 21.4. The smallest absolute Gasteiger partial charge is 0.246 e. The number of nitrogens with zero attached hydrogens (tertiary/aromatic N) is 4. The Morgan fingerprint density at radius 1 is 0.897 bits per heavy atom. The first-order chi connectivity index (χ1) is 14.2. The van der Waals surface area contributed by atoms with Gasteiger partial charge in [-0.25, -0.2) is 0 Å². The van der Waals surface area contributed by atoms with Gasteiger partial charge in [-0.05, 0) is 35.9 Å². The van der Waals surface area contributed by atoms with Crippen LogP contribution in [0.25, 0.3) is 17.3 Å². The molecule has 1 fully saturated rings. The number of hydrogen-bond donors (Lipinski definition) is 0. The molecule has 3 aromatic rings. The van der Waals surface area contributed by atoms with E-state index in [1.165, 1.54) is 0 Å². The molecule has 6 heteroatoms. The predicted octanol–water partition coefficient (Wildman–Crippen LogP) is 4.16. The van der Waals surface area contributed by atoms with Gasteiger partial charge in [0.15, 0.2) is 5.82 Å². The first-order valence-electron chi connectivity index (χ1n) is 9.56. The summed E-state index contributed by atoms with van der Waals surface area (Å²) < 4.78 is 0. The molecule has 146 valence electrons. The van der Waals surface area contributed by atoms with Crippen molar-refractivity contribution in [1.82, 2.24) is 15.1 Å². The quantitative estimate of drug-likeness (QED) is 0.613. The van der Waals surface area contributed by atoms with E-state index in [1.807, 2.05) is 71.6 Å². The van der Waals surface area contributed by atoms with Crippen molar-refractivity contribution in [3.05, 3.63) is 83.4 Å². The third kappa shape index (κ3) is 4.81. The van der Waals surface area contributed by atoms with Gasteiger partial charge in [0.1, 0.15) is 0 Å². The van der Waals surface area contributed by atoms with Crippen molar-refractivity contribution >= 4 is 29.4 Å². The zero-order chi connectivity index (χ0) is 20.1. The van der Waals surface area contributed by atoms with Gasteiger partial charge in [-0.15, -0.1) is 10.2 Å². The van der Waals surface area contributed by atoms with Crippen LogP contribution in [0.3, 0.4) is 0 Å². The molecule has 1 aromatic heterocycles. The fourth-order valence-corrected chi connectivity index (χ4v) is 3.49. The van der Waals surface area contributed by atoms with Gasteiger partial charge in [0.25, 0.3) is 0 Å². The number of amides is 1. The molecule has 0 saturated carbocycles. The van der Waals surface area contributed by atoms with Crippen LogP contribution in [0.4, 0.5) is 5.82 Å². The van der Waals surface area contributed by atoms with Gasteiger partial charge in [-0.2, -0.15) is 0 Å². The van der Waals surface area contributed by atoms with Crippen LogP contribution in [0.2, 0.25) is 5.02 Å². The molecule has 0 unspecified atom stereocenters. The molecule has 2 heterocycles. The molecule has 2 aromatic carbocycles. The lowest BCUT2D eigenvalue weighted by atomic mass is 10.1. The van der Waals surface area contributed by atoms with Crippen LogP contribution in [-0.4, -0.2) is 47.2 Å². The van der Waals surface area contributed by atoms with Gasteiger partial charge in [-0.1, -0.05) is 54.1 Å². The third-order valence-electron chi connectivity index (χ3n) is 4.90. The highest BCUT2D eigenvalue weighted by Crippen LogP contribution is 2.19. The van der Waals surface area contributed by atoms with Crippen LogP contribution in [-0.2, 0) is 4.79 Å². The molecule has 0 bridgehead atoms. The van der Waals surface area contributed by atoms with Crippen LogP contribution in [0.1, 0.15) is 5.56 Å². The molecular formula is C23H21ClN4O. The molecule has 29 heavy (non-hydrogen) atoms. The summed E-state index contributed by atoms with van der Waals surface area (Å²) in [5.41, 5.74) is 2.82. The van der Waals surface area contributed by atoms with Gasteiger partial charge >= 0.3 is 0 Å². The number of piperazine rings is 1. The summed E-state index contributed by atoms with van der Waals surface area (Å²) in [6.07, 6.45) is 3.41. The first-order valence-corrected chi connectivity index (χ1v) is 9.93. The number of aromatic nitrogens is 2. The van der Waals surface area contributed by atoms with Crippen molar-refractivity contribution in [2.75, 3.05) is 31.1 Å². The van der Waals surface area contributed by atoms with Crippen LogP contribution in [0, 0.1) is 0 Å². The van der Waals surface area contributed by atoms with E-state index in [-0.39, 0.29) is 5.91 Å². The Morgan fingerprint density at radius 2 is 1.69 bits per heavy atom. The zero-order valence-electron chi connectivity index (χ0n) is 15.9. The van der Waals surface area contributed by atoms with E-state index >= 15 is 0 Å². The van der Waals surface area contributed by atoms with Crippen LogP contribution in [0.15, 0.2) is 72.8 Å². The number of anilines is 1. The molecule has 1 aliphatic heterocycles. The Kier molecular flexibility index (Phi) is 5.86. The molecule has 5 nitrogen and oxygen atoms in total. The Balaban J connectivity index is 1.34. The van der Waals surface area contributed by atoms with Crippen LogP contribution >= 0.6 is 11.6 Å². The standard InChI is InChI=1S/C23H21ClN4O/c24-20-8-4-5-18(17-20)9-12-23(29)28-15-13-27(14-16-28)22-11-10-21(25-26-22)19-6-2-1-3-7-19/h1-12,17H,13-16H2/b12-9+. The zero-order valence-corrected chi connectivity index (χ0v) is 16.7. The maximum absolute atomic E-state index is 12.5.